The van der Waals surface area contributed by atoms with E-state index in [1.165, 1.54) is 16.4 Å². The van der Waals surface area contributed by atoms with Crippen LogP contribution in [0.1, 0.15) is 12.8 Å². The van der Waals surface area contributed by atoms with Crippen molar-refractivity contribution in [2.75, 3.05) is 26.2 Å². The highest BCUT2D eigenvalue weighted by atomic mass is 35.5. The number of carbonyl (C=O) groups excluding carboxylic acids is 1. The molecule has 1 aliphatic rings. The lowest BCUT2D eigenvalue weighted by Crippen LogP contribution is -2.43. The fraction of sp³-hybridized carbons (Fsp3) is 0.350. The van der Waals surface area contributed by atoms with E-state index < -0.39 is 15.8 Å². The quantitative estimate of drug-likeness (QED) is 0.671. The Labute approximate surface area is 174 Å². The zero-order valence-electron chi connectivity index (χ0n) is 15.7. The van der Waals surface area contributed by atoms with Crippen molar-refractivity contribution in [2.45, 2.75) is 17.7 Å². The summed E-state index contributed by atoms with van der Waals surface area (Å²) in [4.78, 5) is 12.4. The number of sulfonamides is 1. The van der Waals surface area contributed by atoms with Crippen LogP contribution in [0.5, 0.6) is 5.75 Å². The second-order valence-electron chi connectivity index (χ2n) is 6.70. The molecule has 6 nitrogen and oxygen atoms in total. The summed E-state index contributed by atoms with van der Waals surface area (Å²) in [6.07, 6.45) is 0.856. The van der Waals surface area contributed by atoms with Crippen molar-refractivity contribution in [3.63, 3.8) is 0 Å². The summed E-state index contributed by atoms with van der Waals surface area (Å²) >= 11 is 6.01. The van der Waals surface area contributed by atoms with Gasteiger partial charge in [0.05, 0.1) is 16.5 Å². The number of hydrogen-bond donors (Lipinski definition) is 1. The monoisotopic (exact) mass is 440 g/mol. The van der Waals surface area contributed by atoms with Crippen molar-refractivity contribution in [1.29, 1.82) is 0 Å². The maximum atomic E-state index is 13.0. The first-order chi connectivity index (χ1) is 13.9. The third kappa shape index (κ3) is 5.46. The lowest BCUT2D eigenvalue weighted by atomic mass is 9.97. The molecule has 1 heterocycles. The van der Waals surface area contributed by atoms with Crippen molar-refractivity contribution in [3.05, 3.63) is 59.4 Å². The Morgan fingerprint density at radius 2 is 1.79 bits per heavy atom. The lowest BCUT2D eigenvalue weighted by Gasteiger charge is -2.30. The highest BCUT2D eigenvalue weighted by Gasteiger charge is 2.31. The normalized spacial score (nSPS) is 15.8. The molecule has 0 radical (unpaired) electrons. The average Bonchev–Trinajstić information content (AvgIpc) is 2.72. The van der Waals surface area contributed by atoms with Crippen molar-refractivity contribution in [2.24, 2.45) is 5.92 Å². The molecular weight excluding hydrogens is 419 g/mol. The third-order valence-electron chi connectivity index (χ3n) is 4.77. The Bertz CT molecular complexity index is 945. The van der Waals surface area contributed by atoms with Gasteiger partial charge in [0.2, 0.25) is 15.9 Å². The molecule has 2 aromatic rings. The summed E-state index contributed by atoms with van der Waals surface area (Å²) in [6.45, 7) is 1.10. The zero-order valence-corrected chi connectivity index (χ0v) is 17.3. The summed E-state index contributed by atoms with van der Waals surface area (Å²) in [5.41, 5.74) is 0. The second kappa shape index (κ2) is 9.56. The van der Waals surface area contributed by atoms with Gasteiger partial charge in [0.25, 0.3) is 0 Å². The Kier molecular flexibility index (Phi) is 7.10. The largest absolute Gasteiger partial charge is 0.490 e. The molecule has 1 aliphatic heterocycles. The number of ether oxygens (including phenoxy) is 1. The van der Waals surface area contributed by atoms with Gasteiger partial charge < -0.3 is 10.1 Å². The van der Waals surface area contributed by atoms with Gasteiger partial charge in [-0.05, 0) is 49.2 Å². The van der Waals surface area contributed by atoms with Gasteiger partial charge in [-0.3, -0.25) is 4.79 Å². The van der Waals surface area contributed by atoms with Gasteiger partial charge in [-0.2, -0.15) is 4.31 Å². The summed E-state index contributed by atoms with van der Waals surface area (Å²) in [6, 6.07) is 11.8. The first-order valence-corrected chi connectivity index (χ1v) is 11.1. The van der Waals surface area contributed by atoms with Crippen molar-refractivity contribution in [1.82, 2.24) is 9.62 Å². The Morgan fingerprint density at radius 3 is 2.45 bits per heavy atom. The number of nitrogens with one attached hydrogen (secondary N) is 1. The Morgan fingerprint density at radius 1 is 1.14 bits per heavy atom. The molecule has 0 atom stereocenters. The molecule has 0 unspecified atom stereocenters. The smallest absolute Gasteiger partial charge is 0.243 e. The van der Waals surface area contributed by atoms with Crippen LogP contribution in [0, 0.1) is 11.7 Å². The maximum absolute atomic E-state index is 13.0. The minimum Gasteiger partial charge on any atom is -0.490 e. The fourth-order valence-electron chi connectivity index (χ4n) is 3.16. The molecule has 1 saturated heterocycles. The summed E-state index contributed by atoms with van der Waals surface area (Å²) in [5, 5.41) is 3.32. The van der Waals surface area contributed by atoms with Crippen LogP contribution in [-0.2, 0) is 14.8 Å². The molecule has 1 fully saturated rings. The minimum atomic E-state index is -3.68. The number of para-hydroxylation sites is 1. The lowest BCUT2D eigenvalue weighted by molar-refractivity contribution is -0.126. The van der Waals surface area contributed by atoms with Gasteiger partial charge in [0.15, 0.2) is 0 Å². The first-order valence-electron chi connectivity index (χ1n) is 9.28. The van der Waals surface area contributed by atoms with Gasteiger partial charge in [-0.1, -0.05) is 23.7 Å². The molecule has 9 heteroatoms. The van der Waals surface area contributed by atoms with Crippen LogP contribution < -0.4 is 10.1 Å². The molecular formula is C20H22ClFN2O4S. The predicted octanol–water partition coefficient (Wildman–Crippen LogP) is 3.08. The van der Waals surface area contributed by atoms with Gasteiger partial charge in [0.1, 0.15) is 18.2 Å². The van der Waals surface area contributed by atoms with Crippen LogP contribution in [0.4, 0.5) is 4.39 Å². The number of halogens is 2. The molecule has 0 aliphatic carbocycles. The number of amides is 1. The van der Waals surface area contributed by atoms with Gasteiger partial charge in [-0.25, -0.2) is 12.8 Å². The van der Waals surface area contributed by atoms with E-state index in [1.54, 1.807) is 18.2 Å². The van der Waals surface area contributed by atoms with Gasteiger partial charge >= 0.3 is 0 Å². The standard InChI is InChI=1S/C20H22ClFN2O4S/c21-18-3-1-2-4-19(18)28-14-11-23-20(25)15-9-12-24(13-10-15)29(26,27)17-7-5-16(22)6-8-17/h1-8,15H,9-14H2,(H,23,25). The van der Waals surface area contributed by atoms with Gasteiger partial charge in [0, 0.05) is 19.0 Å². The van der Waals surface area contributed by atoms with E-state index in [0.717, 1.165) is 12.1 Å². The zero-order chi connectivity index (χ0) is 20.9. The summed E-state index contributed by atoms with van der Waals surface area (Å²) in [5.74, 6) is -0.304. The molecule has 0 aromatic heterocycles. The molecule has 29 heavy (non-hydrogen) atoms. The predicted molar refractivity (Wildman–Crippen MR) is 108 cm³/mol. The van der Waals surface area contributed by atoms with Crippen molar-refractivity contribution in [3.8, 4) is 5.75 Å². The number of hydrogen-bond acceptors (Lipinski definition) is 4. The van der Waals surface area contributed by atoms with Crippen LogP contribution >= 0.6 is 11.6 Å². The van der Waals surface area contributed by atoms with E-state index >= 15 is 0 Å². The number of benzene rings is 2. The fourth-order valence-corrected chi connectivity index (χ4v) is 4.82. The van der Waals surface area contributed by atoms with Crippen LogP contribution in [-0.4, -0.2) is 44.9 Å². The highest BCUT2D eigenvalue weighted by Crippen LogP contribution is 2.25. The van der Waals surface area contributed by atoms with E-state index in [9.17, 15) is 17.6 Å². The minimum absolute atomic E-state index is 0.0542. The number of rotatable bonds is 7. The molecule has 1 amide bonds. The number of nitrogens with zero attached hydrogens (tertiary/aromatic N) is 1. The Balaban J connectivity index is 1.44. The van der Waals surface area contributed by atoms with Crippen molar-refractivity contribution < 1.29 is 22.3 Å². The van der Waals surface area contributed by atoms with E-state index in [-0.39, 0.29) is 36.4 Å². The SMILES string of the molecule is O=C(NCCOc1ccccc1Cl)C1CCN(S(=O)(=O)c2ccc(F)cc2)CC1. The molecule has 156 valence electrons. The molecule has 3 rings (SSSR count). The second-order valence-corrected chi connectivity index (χ2v) is 9.05. The van der Waals surface area contributed by atoms with E-state index in [2.05, 4.69) is 5.32 Å². The molecule has 0 spiro atoms. The molecule has 0 bridgehead atoms. The van der Waals surface area contributed by atoms with Crippen LogP contribution in [0.15, 0.2) is 53.4 Å². The van der Waals surface area contributed by atoms with Crippen LogP contribution in [0.3, 0.4) is 0 Å². The summed E-state index contributed by atoms with van der Waals surface area (Å²) < 4.78 is 45.2. The number of carbonyl (C=O) groups is 1. The van der Waals surface area contributed by atoms with E-state index in [0.29, 0.717) is 30.2 Å². The van der Waals surface area contributed by atoms with Gasteiger partial charge in [-0.15, -0.1) is 0 Å². The Hall–Kier alpha value is -2.16. The maximum Gasteiger partial charge on any atom is 0.243 e. The van der Waals surface area contributed by atoms with E-state index in [4.69, 9.17) is 16.3 Å². The third-order valence-corrected chi connectivity index (χ3v) is 7.00. The number of piperidine rings is 1. The molecule has 2 aromatic carbocycles. The van der Waals surface area contributed by atoms with E-state index in [1.807, 2.05) is 6.07 Å². The molecule has 1 N–H and O–H groups in total. The van der Waals surface area contributed by atoms with Crippen LogP contribution in [0.25, 0.3) is 0 Å². The first kappa shape index (κ1) is 21.5. The van der Waals surface area contributed by atoms with Crippen LogP contribution in [0.2, 0.25) is 5.02 Å². The topological polar surface area (TPSA) is 75.7 Å². The molecule has 0 saturated carbocycles. The van der Waals surface area contributed by atoms with Crippen molar-refractivity contribution >= 4 is 27.5 Å². The highest BCUT2D eigenvalue weighted by molar-refractivity contribution is 7.89. The average molecular weight is 441 g/mol. The summed E-state index contributed by atoms with van der Waals surface area (Å²) in [7, 11) is -3.68.